The third kappa shape index (κ3) is 3.31. The number of hydrogen-bond donors (Lipinski definition) is 1. The lowest BCUT2D eigenvalue weighted by molar-refractivity contribution is -0.148. The van der Waals surface area contributed by atoms with Crippen LogP contribution in [0, 0.1) is 5.82 Å². The molecule has 88 valence electrons. The Labute approximate surface area is 93.9 Å². The number of ether oxygens (including phenoxy) is 1. The van der Waals surface area contributed by atoms with Gasteiger partial charge in [-0.25, -0.2) is 4.39 Å². The second-order valence-electron chi connectivity index (χ2n) is 3.76. The Balaban J connectivity index is 2.76. The summed E-state index contributed by atoms with van der Waals surface area (Å²) >= 11 is 0. The summed E-state index contributed by atoms with van der Waals surface area (Å²) in [5.74, 6) is -0.854. The Morgan fingerprint density at radius 2 is 2.00 bits per heavy atom. The molecule has 0 aliphatic carbocycles. The summed E-state index contributed by atoms with van der Waals surface area (Å²) in [6, 6.07) is 5.40. The van der Waals surface area contributed by atoms with Crippen molar-refractivity contribution >= 4 is 5.97 Å². The minimum absolute atomic E-state index is 0.146. The Bertz CT molecular complexity index is 357. The van der Waals surface area contributed by atoms with Crippen LogP contribution in [0.5, 0.6) is 0 Å². The third-order valence-electron chi connectivity index (χ3n) is 2.26. The maximum absolute atomic E-state index is 12.7. The summed E-state index contributed by atoms with van der Waals surface area (Å²) in [4.78, 5) is 11.2. The molecule has 16 heavy (non-hydrogen) atoms. The molecule has 1 unspecified atom stereocenters. The van der Waals surface area contributed by atoms with Crippen LogP contribution in [0.15, 0.2) is 24.3 Å². The molecule has 0 fully saturated rings. The van der Waals surface area contributed by atoms with Crippen molar-refractivity contribution in [1.82, 2.24) is 0 Å². The Hall–Kier alpha value is -1.42. The maximum atomic E-state index is 12.7. The van der Waals surface area contributed by atoms with E-state index >= 15 is 0 Å². The number of benzene rings is 1. The maximum Gasteiger partial charge on any atom is 0.309 e. The predicted molar refractivity (Wildman–Crippen MR) is 57.2 cm³/mol. The normalized spacial score (nSPS) is 14.2. The first-order valence-electron chi connectivity index (χ1n) is 5.10. The lowest BCUT2D eigenvalue weighted by Crippen LogP contribution is -2.26. The van der Waals surface area contributed by atoms with Crippen molar-refractivity contribution < 1.29 is 19.0 Å². The van der Waals surface area contributed by atoms with Gasteiger partial charge in [0.25, 0.3) is 0 Å². The first-order valence-corrected chi connectivity index (χ1v) is 5.10. The van der Waals surface area contributed by atoms with Gasteiger partial charge in [-0.2, -0.15) is 0 Å². The number of carbonyl (C=O) groups is 1. The summed E-state index contributed by atoms with van der Waals surface area (Å²) in [5.41, 5.74) is -0.845. The highest BCUT2D eigenvalue weighted by molar-refractivity contribution is 5.71. The van der Waals surface area contributed by atoms with Crippen molar-refractivity contribution in [3.8, 4) is 0 Å². The zero-order valence-corrected chi connectivity index (χ0v) is 9.37. The van der Waals surface area contributed by atoms with Gasteiger partial charge in [-0.3, -0.25) is 4.79 Å². The van der Waals surface area contributed by atoms with E-state index in [9.17, 15) is 14.3 Å². The molecule has 1 atom stereocenters. The van der Waals surface area contributed by atoms with E-state index in [2.05, 4.69) is 0 Å². The van der Waals surface area contributed by atoms with E-state index in [0.29, 0.717) is 5.56 Å². The van der Waals surface area contributed by atoms with Crippen LogP contribution in [0.2, 0.25) is 0 Å². The Morgan fingerprint density at radius 1 is 1.44 bits per heavy atom. The quantitative estimate of drug-likeness (QED) is 0.798. The van der Waals surface area contributed by atoms with Gasteiger partial charge in [0, 0.05) is 0 Å². The molecule has 0 aliphatic heterocycles. The average molecular weight is 226 g/mol. The van der Waals surface area contributed by atoms with Crippen LogP contribution in [0.3, 0.4) is 0 Å². The number of hydrogen-bond acceptors (Lipinski definition) is 3. The molecule has 0 saturated heterocycles. The van der Waals surface area contributed by atoms with Crippen LogP contribution >= 0.6 is 0 Å². The molecule has 1 aromatic carbocycles. The van der Waals surface area contributed by atoms with Crippen LogP contribution in [-0.2, 0) is 15.1 Å². The summed E-state index contributed by atoms with van der Waals surface area (Å²) in [6.07, 6.45) is -0.146. The SMILES string of the molecule is CCOC(=O)CC(C)(O)c1ccc(F)cc1. The molecule has 0 heterocycles. The zero-order valence-electron chi connectivity index (χ0n) is 9.37. The van der Waals surface area contributed by atoms with E-state index in [-0.39, 0.29) is 18.8 Å². The molecule has 0 aliphatic rings. The molecule has 0 amide bonds. The minimum atomic E-state index is -1.33. The summed E-state index contributed by atoms with van der Waals surface area (Å²) in [5, 5.41) is 10.1. The topological polar surface area (TPSA) is 46.5 Å². The van der Waals surface area contributed by atoms with Gasteiger partial charge < -0.3 is 9.84 Å². The highest BCUT2D eigenvalue weighted by Crippen LogP contribution is 2.24. The lowest BCUT2D eigenvalue weighted by Gasteiger charge is -2.22. The molecule has 0 radical (unpaired) electrons. The second kappa shape index (κ2) is 5.07. The molecule has 0 saturated carbocycles. The summed E-state index contributed by atoms with van der Waals surface area (Å²) < 4.78 is 17.4. The molecule has 1 rings (SSSR count). The number of esters is 1. The fraction of sp³-hybridized carbons (Fsp3) is 0.417. The van der Waals surface area contributed by atoms with E-state index in [4.69, 9.17) is 4.74 Å². The molecule has 3 nitrogen and oxygen atoms in total. The largest absolute Gasteiger partial charge is 0.466 e. The predicted octanol–water partition coefficient (Wildman–Crippen LogP) is 1.99. The first-order chi connectivity index (χ1) is 7.45. The van der Waals surface area contributed by atoms with E-state index in [1.54, 1.807) is 6.92 Å². The van der Waals surface area contributed by atoms with Crippen molar-refractivity contribution in [2.45, 2.75) is 25.9 Å². The Morgan fingerprint density at radius 3 is 2.50 bits per heavy atom. The molecular formula is C12H15FO3. The van der Waals surface area contributed by atoms with E-state index in [0.717, 1.165) is 0 Å². The van der Waals surface area contributed by atoms with Gasteiger partial charge in [-0.05, 0) is 31.5 Å². The van der Waals surface area contributed by atoms with Crippen LogP contribution in [0.1, 0.15) is 25.8 Å². The van der Waals surface area contributed by atoms with Gasteiger partial charge in [0.15, 0.2) is 0 Å². The number of halogens is 1. The van der Waals surface area contributed by atoms with Crippen LogP contribution in [0.4, 0.5) is 4.39 Å². The second-order valence-corrected chi connectivity index (χ2v) is 3.76. The smallest absolute Gasteiger partial charge is 0.309 e. The van der Waals surface area contributed by atoms with Crippen molar-refractivity contribution in [2.24, 2.45) is 0 Å². The van der Waals surface area contributed by atoms with Gasteiger partial charge in [0.2, 0.25) is 0 Å². The van der Waals surface area contributed by atoms with E-state index in [1.165, 1.54) is 31.2 Å². The summed E-state index contributed by atoms with van der Waals surface area (Å²) in [6.45, 7) is 3.47. The van der Waals surface area contributed by atoms with Crippen LogP contribution < -0.4 is 0 Å². The van der Waals surface area contributed by atoms with Gasteiger partial charge in [0.05, 0.1) is 18.6 Å². The lowest BCUT2D eigenvalue weighted by atomic mass is 9.93. The molecular weight excluding hydrogens is 211 g/mol. The van der Waals surface area contributed by atoms with Crippen LogP contribution in [0.25, 0.3) is 0 Å². The van der Waals surface area contributed by atoms with Gasteiger partial charge in [0.1, 0.15) is 5.82 Å². The average Bonchev–Trinajstić information content (AvgIpc) is 2.17. The van der Waals surface area contributed by atoms with Gasteiger partial charge >= 0.3 is 5.97 Å². The van der Waals surface area contributed by atoms with Crippen molar-refractivity contribution in [3.05, 3.63) is 35.6 Å². The molecule has 0 spiro atoms. The highest BCUT2D eigenvalue weighted by atomic mass is 19.1. The Kier molecular flexibility index (Phi) is 4.01. The van der Waals surface area contributed by atoms with Gasteiger partial charge in [-0.1, -0.05) is 12.1 Å². The number of aliphatic hydroxyl groups is 1. The van der Waals surface area contributed by atoms with Crippen molar-refractivity contribution in [3.63, 3.8) is 0 Å². The van der Waals surface area contributed by atoms with E-state index < -0.39 is 11.6 Å². The minimum Gasteiger partial charge on any atom is -0.466 e. The van der Waals surface area contributed by atoms with Crippen LogP contribution in [-0.4, -0.2) is 17.7 Å². The first kappa shape index (κ1) is 12.6. The van der Waals surface area contributed by atoms with Crippen molar-refractivity contribution in [1.29, 1.82) is 0 Å². The number of rotatable bonds is 4. The summed E-state index contributed by atoms with van der Waals surface area (Å²) in [7, 11) is 0. The highest BCUT2D eigenvalue weighted by Gasteiger charge is 2.27. The standard InChI is InChI=1S/C12H15FO3/c1-3-16-11(14)8-12(2,15)9-4-6-10(13)7-5-9/h4-7,15H,3,8H2,1-2H3. The molecule has 1 N–H and O–H groups in total. The monoisotopic (exact) mass is 226 g/mol. The fourth-order valence-electron chi connectivity index (χ4n) is 1.40. The zero-order chi connectivity index (χ0) is 12.2. The number of carbonyl (C=O) groups excluding carboxylic acids is 1. The fourth-order valence-corrected chi connectivity index (χ4v) is 1.40. The van der Waals surface area contributed by atoms with Gasteiger partial charge in [-0.15, -0.1) is 0 Å². The molecule has 0 bridgehead atoms. The third-order valence-corrected chi connectivity index (χ3v) is 2.26. The molecule has 1 aromatic rings. The van der Waals surface area contributed by atoms with Crippen molar-refractivity contribution in [2.75, 3.05) is 6.61 Å². The molecule has 0 aromatic heterocycles. The molecule has 4 heteroatoms. The van der Waals surface area contributed by atoms with E-state index in [1.807, 2.05) is 0 Å².